The van der Waals surface area contributed by atoms with Gasteiger partial charge in [0.2, 0.25) is 11.7 Å². The molecule has 8 heteroatoms. The molecule has 8 nitrogen and oxygen atoms in total. The number of nitrogens with one attached hydrogen (secondary N) is 1. The van der Waals surface area contributed by atoms with Gasteiger partial charge in [-0.05, 0) is 48.9 Å². The monoisotopic (exact) mass is 425 g/mol. The lowest BCUT2D eigenvalue weighted by Crippen LogP contribution is -2.32. The van der Waals surface area contributed by atoms with Gasteiger partial charge in [0.1, 0.15) is 5.75 Å². The van der Waals surface area contributed by atoms with Crippen LogP contribution in [-0.2, 0) is 11.2 Å². The summed E-state index contributed by atoms with van der Waals surface area (Å²) in [6, 6.07) is 10.0. The fraction of sp³-hybridized carbons (Fsp3) is 0.261. The highest BCUT2D eigenvalue weighted by Gasteiger charge is 2.19. The van der Waals surface area contributed by atoms with Crippen LogP contribution in [0.3, 0.4) is 0 Å². The summed E-state index contributed by atoms with van der Waals surface area (Å²) in [6.07, 6.45) is -0.214. The van der Waals surface area contributed by atoms with E-state index in [-0.39, 0.29) is 29.9 Å². The number of hydrogen-bond acceptors (Lipinski definition) is 7. The summed E-state index contributed by atoms with van der Waals surface area (Å²) in [5.74, 6) is 0.655. The van der Waals surface area contributed by atoms with Crippen LogP contribution < -0.4 is 25.2 Å². The first-order valence-corrected chi connectivity index (χ1v) is 9.50. The van der Waals surface area contributed by atoms with E-state index in [9.17, 15) is 14.4 Å². The number of hydrogen-bond donors (Lipinski definition) is 1. The molecule has 1 aromatic heterocycles. The number of carbonyl (C=O) groups is 2. The summed E-state index contributed by atoms with van der Waals surface area (Å²) in [6.45, 7) is 1.55. The Bertz CT molecular complexity index is 1180. The SMILES string of the molecule is COc1ccc(C(=O)CNC(=O)Cc2c(C)c3ccc(OC)c(OC)c3oc2=O)cc1. The molecule has 0 spiro atoms. The zero-order valence-corrected chi connectivity index (χ0v) is 17.7. The van der Waals surface area contributed by atoms with Gasteiger partial charge in [0, 0.05) is 10.9 Å². The van der Waals surface area contributed by atoms with Gasteiger partial charge in [-0.15, -0.1) is 0 Å². The van der Waals surface area contributed by atoms with Gasteiger partial charge < -0.3 is 23.9 Å². The molecule has 162 valence electrons. The van der Waals surface area contributed by atoms with Crippen molar-refractivity contribution in [1.82, 2.24) is 5.32 Å². The van der Waals surface area contributed by atoms with Gasteiger partial charge >= 0.3 is 5.63 Å². The molecule has 1 amide bonds. The molecule has 0 bridgehead atoms. The highest BCUT2D eigenvalue weighted by atomic mass is 16.5. The lowest BCUT2D eigenvalue weighted by atomic mass is 10.0. The van der Waals surface area contributed by atoms with Crippen LogP contribution in [0.15, 0.2) is 45.6 Å². The minimum absolute atomic E-state index is 0.186. The fourth-order valence-electron chi connectivity index (χ4n) is 3.25. The third-order valence-corrected chi connectivity index (χ3v) is 4.99. The van der Waals surface area contributed by atoms with E-state index in [1.54, 1.807) is 43.3 Å². The molecular weight excluding hydrogens is 402 g/mol. The number of benzene rings is 2. The standard InChI is InChI=1S/C23H23NO7/c1-13-16-9-10-19(29-3)22(30-4)21(16)31-23(27)17(13)11-20(26)24-12-18(25)14-5-7-15(28-2)8-6-14/h5-10H,11-12H2,1-4H3,(H,24,26). The number of methoxy groups -OCH3 is 3. The maximum atomic E-state index is 12.6. The fourth-order valence-corrected chi connectivity index (χ4v) is 3.25. The van der Waals surface area contributed by atoms with Gasteiger partial charge in [-0.1, -0.05) is 0 Å². The predicted octanol–water partition coefficient (Wildman–Crippen LogP) is 2.67. The number of fused-ring (bicyclic) bond motifs is 1. The Morgan fingerprint density at radius 2 is 1.68 bits per heavy atom. The zero-order valence-electron chi connectivity index (χ0n) is 17.7. The summed E-state index contributed by atoms with van der Waals surface area (Å²) in [5, 5.41) is 3.19. The van der Waals surface area contributed by atoms with Gasteiger partial charge in [-0.25, -0.2) is 4.79 Å². The van der Waals surface area contributed by atoms with Crippen LogP contribution in [0.4, 0.5) is 0 Å². The van der Waals surface area contributed by atoms with Crippen LogP contribution in [0.25, 0.3) is 11.0 Å². The van der Waals surface area contributed by atoms with Crippen molar-refractivity contribution >= 4 is 22.7 Å². The second-order valence-electron chi connectivity index (χ2n) is 6.78. The van der Waals surface area contributed by atoms with Crippen molar-refractivity contribution in [2.24, 2.45) is 0 Å². The van der Waals surface area contributed by atoms with E-state index in [4.69, 9.17) is 18.6 Å². The molecule has 0 aliphatic carbocycles. The van der Waals surface area contributed by atoms with Crippen molar-refractivity contribution < 1.29 is 28.2 Å². The second kappa shape index (κ2) is 9.34. The average molecular weight is 425 g/mol. The third kappa shape index (κ3) is 4.53. The summed E-state index contributed by atoms with van der Waals surface area (Å²) >= 11 is 0. The Morgan fingerprint density at radius 3 is 2.29 bits per heavy atom. The first kappa shape index (κ1) is 21.9. The Hall–Kier alpha value is -3.81. The van der Waals surface area contributed by atoms with Crippen LogP contribution in [0.5, 0.6) is 17.2 Å². The van der Waals surface area contributed by atoms with E-state index in [2.05, 4.69) is 5.32 Å². The molecule has 2 aromatic carbocycles. The molecule has 3 rings (SSSR count). The molecule has 0 aliphatic rings. The van der Waals surface area contributed by atoms with Crippen LogP contribution in [-0.4, -0.2) is 39.6 Å². The largest absolute Gasteiger partial charge is 0.497 e. The van der Waals surface area contributed by atoms with E-state index in [0.717, 1.165) is 0 Å². The molecule has 1 heterocycles. The molecule has 0 unspecified atom stereocenters. The molecule has 1 N–H and O–H groups in total. The van der Waals surface area contributed by atoms with Gasteiger partial charge in [0.25, 0.3) is 0 Å². The van der Waals surface area contributed by atoms with Gasteiger partial charge in [-0.3, -0.25) is 9.59 Å². The number of ketones is 1. The number of Topliss-reactive ketones (excluding diaryl/α,β-unsaturated/α-hetero) is 1. The second-order valence-corrected chi connectivity index (χ2v) is 6.78. The number of amides is 1. The van der Waals surface area contributed by atoms with Crippen molar-refractivity contribution in [1.29, 1.82) is 0 Å². The average Bonchev–Trinajstić information content (AvgIpc) is 2.79. The molecule has 0 atom stereocenters. The third-order valence-electron chi connectivity index (χ3n) is 4.99. The highest BCUT2D eigenvalue weighted by Crippen LogP contribution is 2.36. The van der Waals surface area contributed by atoms with Crippen LogP contribution in [0, 0.1) is 6.92 Å². The number of carbonyl (C=O) groups excluding carboxylic acids is 2. The van der Waals surface area contributed by atoms with Crippen molar-refractivity contribution in [3.8, 4) is 17.2 Å². The lowest BCUT2D eigenvalue weighted by Gasteiger charge is -2.13. The maximum Gasteiger partial charge on any atom is 0.340 e. The van der Waals surface area contributed by atoms with E-state index < -0.39 is 11.5 Å². The van der Waals surface area contributed by atoms with E-state index in [0.29, 0.717) is 33.8 Å². The minimum Gasteiger partial charge on any atom is -0.497 e. The summed E-state index contributed by atoms with van der Waals surface area (Å²) < 4.78 is 21.0. The van der Waals surface area contributed by atoms with Crippen LogP contribution >= 0.6 is 0 Å². The van der Waals surface area contributed by atoms with Crippen molar-refractivity contribution in [2.75, 3.05) is 27.9 Å². The quantitative estimate of drug-likeness (QED) is 0.437. The Morgan fingerprint density at radius 1 is 0.968 bits per heavy atom. The molecule has 0 radical (unpaired) electrons. The first-order chi connectivity index (χ1) is 14.9. The Labute approximate surface area is 178 Å². The van der Waals surface area contributed by atoms with Crippen molar-refractivity contribution in [3.05, 3.63) is 63.5 Å². The molecule has 3 aromatic rings. The molecule has 0 fully saturated rings. The topological polar surface area (TPSA) is 104 Å². The molecular formula is C23H23NO7. The normalized spacial score (nSPS) is 10.6. The smallest absolute Gasteiger partial charge is 0.340 e. The van der Waals surface area contributed by atoms with Gasteiger partial charge in [0.15, 0.2) is 17.1 Å². The van der Waals surface area contributed by atoms with Gasteiger partial charge in [-0.2, -0.15) is 0 Å². The Balaban J connectivity index is 1.77. The van der Waals surface area contributed by atoms with E-state index in [1.165, 1.54) is 21.3 Å². The molecule has 31 heavy (non-hydrogen) atoms. The summed E-state index contributed by atoms with van der Waals surface area (Å²) in [5.41, 5.74) is 0.873. The molecule has 0 saturated heterocycles. The number of ether oxygens (including phenoxy) is 3. The minimum atomic E-state index is -0.645. The van der Waals surface area contributed by atoms with Crippen molar-refractivity contribution in [2.45, 2.75) is 13.3 Å². The molecule has 0 aliphatic heterocycles. The highest BCUT2D eigenvalue weighted by molar-refractivity contribution is 5.99. The predicted molar refractivity (Wildman–Crippen MR) is 114 cm³/mol. The Kier molecular flexibility index (Phi) is 6.59. The van der Waals surface area contributed by atoms with E-state index in [1.807, 2.05) is 0 Å². The van der Waals surface area contributed by atoms with Crippen molar-refractivity contribution in [3.63, 3.8) is 0 Å². The summed E-state index contributed by atoms with van der Waals surface area (Å²) in [7, 11) is 4.48. The zero-order chi connectivity index (χ0) is 22.5. The number of aryl methyl sites for hydroxylation is 1. The molecule has 0 saturated carbocycles. The van der Waals surface area contributed by atoms with Crippen LogP contribution in [0.1, 0.15) is 21.5 Å². The summed E-state index contributed by atoms with van der Waals surface area (Å²) in [4.78, 5) is 37.2. The first-order valence-electron chi connectivity index (χ1n) is 9.50. The van der Waals surface area contributed by atoms with Gasteiger partial charge in [0.05, 0.1) is 39.9 Å². The maximum absolute atomic E-state index is 12.6. The number of rotatable bonds is 8. The van der Waals surface area contributed by atoms with Crippen LogP contribution in [0.2, 0.25) is 0 Å². The lowest BCUT2D eigenvalue weighted by molar-refractivity contribution is -0.120. The van der Waals surface area contributed by atoms with E-state index >= 15 is 0 Å².